The van der Waals surface area contributed by atoms with Crippen molar-refractivity contribution in [2.45, 2.75) is 12.8 Å². The average molecular weight is 292 g/mol. The Balaban J connectivity index is 2.35. The molecular weight excluding hydrogens is 279 g/mol. The molecule has 0 bridgehead atoms. The van der Waals surface area contributed by atoms with Crippen molar-refractivity contribution in [3.63, 3.8) is 0 Å². The van der Waals surface area contributed by atoms with Gasteiger partial charge in [-0.25, -0.2) is 4.39 Å². The van der Waals surface area contributed by atoms with Crippen LogP contribution < -0.4 is 11.1 Å². The molecule has 0 saturated carbocycles. The van der Waals surface area contributed by atoms with Crippen LogP contribution in [0, 0.1) is 15.9 Å². The van der Waals surface area contributed by atoms with E-state index < -0.39 is 16.6 Å². The molecule has 0 aliphatic heterocycles. The van der Waals surface area contributed by atoms with Crippen LogP contribution >= 0.6 is 0 Å². The van der Waals surface area contributed by atoms with Crippen molar-refractivity contribution < 1.29 is 14.1 Å². The lowest BCUT2D eigenvalue weighted by molar-refractivity contribution is -0.383. The van der Waals surface area contributed by atoms with E-state index >= 15 is 0 Å². The van der Waals surface area contributed by atoms with E-state index in [1.807, 2.05) is 0 Å². The number of hydrogen-bond acceptors (Lipinski definition) is 5. The molecule has 0 fully saturated rings. The molecule has 21 heavy (non-hydrogen) atoms. The van der Waals surface area contributed by atoms with Gasteiger partial charge in [-0.05, 0) is 18.6 Å². The first kappa shape index (κ1) is 14.6. The highest BCUT2D eigenvalue weighted by Gasteiger charge is 2.19. The molecule has 1 amide bonds. The molecule has 0 aliphatic rings. The molecule has 3 N–H and O–H groups in total. The van der Waals surface area contributed by atoms with Gasteiger partial charge >= 0.3 is 0 Å². The molecule has 2 aromatic rings. The first-order chi connectivity index (χ1) is 10.0. The van der Waals surface area contributed by atoms with E-state index in [1.54, 1.807) is 6.07 Å². The van der Waals surface area contributed by atoms with E-state index in [9.17, 15) is 19.3 Å². The molecule has 1 heterocycles. The number of anilines is 1. The minimum Gasteiger partial charge on any atom is -0.381 e. The van der Waals surface area contributed by atoms with Gasteiger partial charge in [0.2, 0.25) is 5.91 Å². The molecule has 2 rings (SSSR count). The van der Waals surface area contributed by atoms with Gasteiger partial charge in [-0.15, -0.1) is 0 Å². The van der Waals surface area contributed by atoms with E-state index in [-0.39, 0.29) is 28.7 Å². The van der Waals surface area contributed by atoms with Crippen molar-refractivity contribution in [3.8, 4) is 0 Å². The molecule has 0 spiro atoms. The Kier molecular flexibility index (Phi) is 4.27. The van der Waals surface area contributed by atoms with E-state index in [0.29, 0.717) is 13.0 Å². The first-order valence-electron chi connectivity index (χ1n) is 6.24. The van der Waals surface area contributed by atoms with Crippen LogP contribution in [-0.2, 0) is 4.79 Å². The summed E-state index contributed by atoms with van der Waals surface area (Å²) in [6, 6.07) is 3.92. The maximum atomic E-state index is 14.0. The van der Waals surface area contributed by atoms with Gasteiger partial charge < -0.3 is 11.1 Å². The Labute approximate surface area is 119 Å². The highest BCUT2D eigenvalue weighted by atomic mass is 19.1. The van der Waals surface area contributed by atoms with Crippen LogP contribution in [0.2, 0.25) is 0 Å². The second kappa shape index (κ2) is 6.12. The summed E-state index contributed by atoms with van der Waals surface area (Å²) in [6.07, 6.45) is 2.03. The third-order valence-corrected chi connectivity index (χ3v) is 2.92. The number of carbonyl (C=O) groups is 1. The zero-order chi connectivity index (χ0) is 15.4. The van der Waals surface area contributed by atoms with Crippen LogP contribution in [-0.4, -0.2) is 22.4 Å². The number of amides is 1. The van der Waals surface area contributed by atoms with Crippen molar-refractivity contribution in [1.29, 1.82) is 0 Å². The first-order valence-corrected chi connectivity index (χ1v) is 6.24. The summed E-state index contributed by atoms with van der Waals surface area (Å²) in [6.45, 7) is 0.309. The van der Waals surface area contributed by atoms with Gasteiger partial charge in [0.1, 0.15) is 5.52 Å². The lowest BCUT2D eigenvalue weighted by Gasteiger charge is -2.10. The zero-order valence-corrected chi connectivity index (χ0v) is 11.0. The summed E-state index contributed by atoms with van der Waals surface area (Å²) >= 11 is 0. The Morgan fingerprint density at radius 2 is 2.29 bits per heavy atom. The normalized spacial score (nSPS) is 10.5. The summed E-state index contributed by atoms with van der Waals surface area (Å²) in [7, 11) is 0. The number of nitrogens with zero attached hydrogens (tertiary/aromatic N) is 2. The smallest absolute Gasteiger partial charge is 0.281 e. The number of pyridine rings is 1. The van der Waals surface area contributed by atoms with Crippen LogP contribution in [0.25, 0.3) is 10.9 Å². The van der Waals surface area contributed by atoms with E-state index in [0.717, 1.165) is 6.07 Å². The number of nitro benzene ring substituents is 1. The number of aromatic nitrogens is 1. The molecule has 0 atom stereocenters. The second-order valence-electron chi connectivity index (χ2n) is 4.41. The molecule has 7 nitrogen and oxygen atoms in total. The molecule has 1 aromatic carbocycles. The standard InChI is InChI=1S/C13H13FN4O3/c14-9-7-10(18(20)21)8-3-1-5-16-12(8)13(9)17-6-2-4-11(15)19/h1,3,5,7,17H,2,4,6H2,(H2,15,19). The second-order valence-corrected chi connectivity index (χ2v) is 4.41. The predicted octanol–water partition coefficient (Wildman–Crippen LogP) is 1.96. The molecule has 8 heteroatoms. The van der Waals surface area contributed by atoms with Gasteiger partial charge in [0.05, 0.1) is 22.1 Å². The van der Waals surface area contributed by atoms with Crippen LogP contribution in [0.3, 0.4) is 0 Å². The van der Waals surface area contributed by atoms with Gasteiger partial charge in [-0.2, -0.15) is 0 Å². The van der Waals surface area contributed by atoms with Crippen molar-refractivity contribution in [1.82, 2.24) is 4.98 Å². The summed E-state index contributed by atoms with van der Waals surface area (Å²) < 4.78 is 14.0. The molecule has 0 unspecified atom stereocenters. The molecule has 110 valence electrons. The summed E-state index contributed by atoms with van der Waals surface area (Å²) in [5.74, 6) is -1.20. The highest BCUT2D eigenvalue weighted by molar-refractivity contribution is 5.97. The summed E-state index contributed by atoms with van der Waals surface area (Å²) in [5, 5.41) is 14.0. The maximum Gasteiger partial charge on any atom is 0.281 e. The fourth-order valence-electron chi connectivity index (χ4n) is 1.99. The van der Waals surface area contributed by atoms with Crippen LogP contribution in [0.15, 0.2) is 24.4 Å². The summed E-state index contributed by atoms with van der Waals surface area (Å²) in [5.41, 5.74) is 4.95. The fourth-order valence-corrected chi connectivity index (χ4v) is 1.99. The van der Waals surface area contributed by atoms with Crippen LogP contribution in [0.4, 0.5) is 15.8 Å². The monoisotopic (exact) mass is 292 g/mol. The lowest BCUT2D eigenvalue weighted by Crippen LogP contribution is -2.13. The number of nitrogens with two attached hydrogens (primary N) is 1. The third-order valence-electron chi connectivity index (χ3n) is 2.92. The van der Waals surface area contributed by atoms with E-state index in [4.69, 9.17) is 5.73 Å². The van der Waals surface area contributed by atoms with Crippen molar-refractivity contribution >= 4 is 28.2 Å². The van der Waals surface area contributed by atoms with Crippen molar-refractivity contribution in [3.05, 3.63) is 40.3 Å². The van der Waals surface area contributed by atoms with Gasteiger partial charge in [-0.1, -0.05) is 0 Å². The number of nitrogens with one attached hydrogen (secondary N) is 1. The Bertz CT molecular complexity index is 705. The molecular formula is C13H13FN4O3. The number of carbonyl (C=O) groups excluding carboxylic acids is 1. The quantitative estimate of drug-likeness (QED) is 0.480. The number of nitro groups is 1. The number of benzene rings is 1. The van der Waals surface area contributed by atoms with Crippen LogP contribution in [0.1, 0.15) is 12.8 Å². The fraction of sp³-hybridized carbons (Fsp3) is 0.231. The number of non-ortho nitro benzene ring substituents is 1. The summed E-state index contributed by atoms with van der Waals surface area (Å²) in [4.78, 5) is 24.9. The largest absolute Gasteiger partial charge is 0.381 e. The topological polar surface area (TPSA) is 111 Å². The Morgan fingerprint density at radius 1 is 1.52 bits per heavy atom. The average Bonchev–Trinajstić information content (AvgIpc) is 2.44. The third kappa shape index (κ3) is 3.22. The van der Waals surface area contributed by atoms with Gasteiger partial charge in [0.15, 0.2) is 5.82 Å². The minimum absolute atomic E-state index is 0.0840. The Hall–Kier alpha value is -2.77. The lowest BCUT2D eigenvalue weighted by atomic mass is 10.1. The number of primary amides is 1. The van der Waals surface area contributed by atoms with Gasteiger partial charge in [-0.3, -0.25) is 19.9 Å². The maximum absolute atomic E-state index is 14.0. The highest BCUT2D eigenvalue weighted by Crippen LogP contribution is 2.32. The minimum atomic E-state index is -0.757. The number of fused-ring (bicyclic) bond motifs is 1. The number of rotatable bonds is 6. The van der Waals surface area contributed by atoms with Crippen molar-refractivity contribution in [2.24, 2.45) is 5.73 Å². The van der Waals surface area contributed by atoms with Crippen LogP contribution in [0.5, 0.6) is 0 Å². The van der Waals surface area contributed by atoms with Gasteiger partial charge in [0, 0.05) is 19.2 Å². The molecule has 0 aliphatic carbocycles. The Morgan fingerprint density at radius 3 is 2.95 bits per heavy atom. The van der Waals surface area contributed by atoms with Crippen molar-refractivity contribution in [2.75, 3.05) is 11.9 Å². The number of halogens is 1. The molecule has 1 aromatic heterocycles. The van der Waals surface area contributed by atoms with E-state index in [1.165, 1.54) is 12.3 Å². The zero-order valence-electron chi connectivity index (χ0n) is 11.0. The molecule has 0 radical (unpaired) electrons. The SMILES string of the molecule is NC(=O)CCCNc1c(F)cc([N+](=O)[O-])c2cccnc12. The van der Waals surface area contributed by atoms with Gasteiger partial charge in [0.25, 0.3) is 5.69 Å². The predicted molar refractivity (Wildman–Crippen MR) is 75.3 cm³/mol. The van der Waals surface area contributed by atoms with E-state index in [2.05, 4.69) is 10.3 Å². The molecule has 0 saturated heterocycles. The number of hydrogen-bond donors (Lipinski definition) is 2.